The van der Waals surface area contributed by atoms with Gasteiger partial charge in [0.2, 0.25) is 0 Å². The Morgan fingerprint density at radius 2 is 2.25 bits per heavy atom. The fourth-order valence-electron chi connectivity index (χ4n) is 0.430. The predicted octanol–water partition coefficient (Wildman–Crippen LogP) is 0.839. The zero-order chi connectivity index (χ0) is 5.98. The van der Waals surface area contributed by atoms with Crippen molar-refractivity contribution >= 4 is 6.16 Å². The lowest BCUT2D eigenvalue weighted by Crippen LogP contribution is -2.35. The molecule has 1 aliphatic rings. The maximum atomic E-state index is 11.3. The van der Waals surface area contributed by atoms with Crippen LogP contribution < -0.4 is 0 Å². The minimum absolute atomic E-state index is 0.145. The van der Waals surface area contributed by atoms with Crippen molar-refractivity contribution in [3.63, 3.8) is 0 Å². The number of hydrogen-bond acceptors (Lipinski definition) is 3. The Bertz CT molecular complexity index is 95.5. The fraction of sp³-hybridized carbons (Fsp3) is 0.750. The van der Waals surface area contributed by atoms with E-state index in [1.807, 2.05) is 0 Å². The van der Waals surface area contributed by atoms with Crippen LogP contribution in [-0.2, 0) is 9.47 Å². The van der Waals surface area contributed by atoms with E-state index in [4.69, 9.17) is 0 Å². The molecule has 0 atom stereocenters. The van der Waals surface area contributed by atoms with Crippen molar-refractivity contribution in [1.29, 1.82) is 0 Å². The summed E-state index contributed by atoms with van der Waals surface area (Å²) in [7, 11) is 0. The quantitative estimate of drug-likeness (QED) is 0.506. The third kappa shape index (κ3) is 0.882. The number of carbonyl (C=O) groups is 1. The van der Waals surface area contributed by atoms with E-state index >= 15 is 0 Å². The van der Waals surface area contributed by atoms with Crippen molar-refractivity contribution in [2.45, 2.75) is 12.7 Å². The first-order chi connectivity index (χ1) is 3.83. The highest BCUT2D eigenvalue weighted by molar-refractivity contribution is 5.63. The van der Waals surface area contributed by atoms with E-state index < -0.39 is 19.1 Å². The van der Waals surface area contributed by atoms with Gasteiger partial charge in [-0.25, -0.2) is 4.79 Å². The second-order valence-corrected chi connectivity index (χ2v) is 1.39. The van der Waals surface area contributed by atoms with Crippen LogP contribution in [0.25, 0.3) is 0 Å². The molecule has 0 unspecified atom stereocenters. The zero-order valence-electron chi connectivity index (χ0n) is 4.09. The number of alkyl halides is 1. The molecular weight excluding hydrogens is 115 g/mol. The SMILES string of the molecule is O=C1OC(CCF)O1. The molecule has 0 N–H and O–H groups in total. The van der Waals surface area contributed by atoms with Crippen LogP contribution in [0.1, 0.15) is 6.42 Å². The largest absolute Gasteiger partial charge is 0.514 e. The maximum Gasteiger partial charge on any atom is 0.514 e. The van der Waals surface area contributed by atoms with Crippen molar-refractivity contribution in [1.82, 2.24) is 0 Å². The Hall–Kier alpha value is -0.800. The molecule has 1 fully saturated rings. The summed E-state index contributed by atoms with van der Waals surface area (Å²) in [5, 5.41) is 0. The van der Waals surface area contributed by atoms with Crippen LogP contribution in [0.5, 0.6) is 0 Å². The molecule has 1 aliphatic heterocycles. The zero-order valence-corrected chi connectivity index (χ0v) is 4.09. The summed E-state index contributed by atoms with van der Waals surface area (Å²) in [4.78, 5) is 9.82. The lowest BCUT2D eigenvalue weighted by Gasteiger charge is -2.23. The first-order valence-electron chi connectivity index (χ1n) is 2.26. The molecule has 0 aromatic rings. The van der Waals surface area contributed by atoms with Gasteiger partial charge in [-0.05, 0) is 0 Å². The van der Waals surface area contributed by atoms with Crippen LogP contribution in [0.3, 0.4) is 0 Å². The van der Waals surface area contributed by atoms with Crippen molar-refractivity contribution in [3.8, 4) is 0 Å². The van der Waals surface area contributed by atoms with Gasteiger partial charge in [-0.2, -0.15) is 0 Å². The smallest absolute Gasteiger partial charge is 0.393 e. The molecule has 0 aliphatic carbocycles. The van der Waals surface area contributed by atoms with Gasteiger partial charge in [0, 0.05) is 0 Å². The van der Waals surface area contributed by atoms with Gasteiger partial charge in [0.05, 0.1) is 13.1 Å². The van der Waals surface area contributed by atoms with Gasteiger partial charge in [0.15, 0.2) is 0 Å². The Labute approximate surface area is 45.4 Å². The maximum absolute atomic E-state index is 11.3. The van der Waals surface area contributed by atoms with Gasteiger partial charge < -0.3 is 9.47 Å². The number of rotatable bonds is 2. The van der Waals surface area contributed by atoms with E-state index in [2.05, 4.69) is 9.47 Å². The molecule has 0 amide bonds. The lowest BCUT2D eigenvalue weighted by atomic mass is 10.4. The molecule has 1 rings (SSSR count). The Balaban J connectivity index is 2.06. The fourth-order valence-corrected chi connectivity index (χ4v) is 0.430. The standard InChI is InChI=1S/C4H5FO3/c5-2-1-3-7-4(6)8-3/h3H,1-2H2. The molecule has 0 saturated carbocycles. The van der Waals surface area contributed by atoms with Crippen LogP contribution in [-0.4, -0.2) is 19.1 Å². The molecule has 46 valence electrons. The molecule has 0 spiro atoms. The Morgan fingerprint density at radius 1 is 1.62 bits per heavy atom. The first kappa shape index (κ1) is 5.34. The third-order valence-electron chi connectivity index (χ3n) is 0.800. The monoisotopic (exact) mass is 120 g/mol. The van der Waals surface area contributed by atoms with Gasteiger partial charge in [-0.1, -0.05) is 0 Å². The van der Waals surface area contributed by atoms with E-state index in [0.717, 1.165) is 0 Å². The second kappa shape index (κ2) is 1.98. The molecule has 1 heterocycles. The summed E-state index contributed by atoms with van der Waals surface area (Å²) >= 11 is 0. The molecule has 3 nitrogen and oxygen atoms in total. The lowest BCUT2D eigenvalue weighted by molar-refractivity contribution is -0.185. The third-order valence-corrected chi connectivity index (χ3v) is 0.800. The van der Waals surface area contributed by atoms with E-state index in [1.165, 1.54) is 0 Å². The Morgan fingerprint density at radius 3 is 2.62 bits per heavy atom. The van der Waals surface area contributed by atoms with Crippen LogP contribution in [0.15, 0.2) is 0 Å². The summed E-state index contributed by atoms with van der Waals surface area (Å²) in [5.41, 5.74) is 0. The van der Waals surface area contributed by atoms with Gasteiger partial charge in [-0.3, -0.25) is 4.39 Å². The summed E-state index contributed by atoms with van der Waals surface area (Å²) in [6.07, 6.45) is -1.18. The van der Waals surface area contributed by atoms with Crippen molar-refractivity contribution in [2.75, 3.05) is 6.67 Å². The van der Waals surface area contributed by atoms with Crippen LogP contribution in [0, 0.1) is 0 Å². The molecular formula is C4H5FO3. The molecule has 1 saturated heterocycles. The van der Waals surface area contributed by atoms with Gasteiger partial charge in [0.25, 0.3) is 6.29 Å². The van der Waals surface area contributed by atoms with E-state index in [1.54, 1.807) is 0 Å². The van der Waals surface area contributed by atoms with Crippen molar-refractivity contribution in [3.05, 3.63) is 0 Å². The first-order valence-corrected chi connectivity index (χ1v) is 2.26. The Kier molecular flexibility index (Phi) is 1.32. The summed E-state index contributed by atoms with van der Waals surface area (Å²) in [6.45, 7) is -0.516. The summed E-state index contributed by atoms with van der Waals surface area (Å²) in [5.74, 6) is 0. The van der Waals surface area contributed by atoms with Crippen LogP contribution in [0.4, 0.5) is 9.18 Å². The minimum atomic E-state index is -0.705. The second-order valence-electron chi connectivity index (χ2n) is 1.39. The minimum Gasteiger partial charge on any atom is -0.393 e. The van der Waals surface area contributed by atoms with Gasteiger partial charge in [-0.15, -0.1) is 0 Å². The number of cyclic esters (lactones) is 2. The van der Waals surface area contributed by atoms with E-state index in [9.17, 15) is 9.18 Å². The van der Waals surface area contributed by atoms with Crippen LogP contribution >= 0.6 is 0 Å². The van der Waals surface area contributed by atoms with Gasteiger partial charge in [0.1, 0.15) is 0 Å². The summed E-state index contributed by atoms with van der Waals surface area (Å²) < 4.78 is 19.9. The highest BCUT2D eigenvalue weighted by Crippen LogP contribution is 2.13. The molecule has 8 heavy (non-hydrogen) atoms. The number of carbonyl (C=O) groups excluding carboxylic acids is 1. The predicted molar refractivity (Wildman–Crippen MR) is 21.9 cm³/mol. The summed E-state index contributed by atoms with van der Waals surface area (Å²) in [6, 6.07) is 0. The normalized spacial score (nSPS) is 18.9. The topological polar surface area (TPSA) is 35.5 Å². The number of halogens is 1. The van der Waals surface area contributed by atoms with Crippen molar-refractivity contribution in [2.24, 2.45) is 0 Å². The molecule has 0 aromatic carbocycles. The molecule has 0 bridgehead atoms. The molecule has 0 aromatic heterocycles. The average molecular weight is 120 g/mol. The van der Waals surface area contributed by atoms with E-state index in [-0.39, 0.29) is 6.42 Å². The number of hydrogen-bond donors (Lipinski definition) is 0. The van der Waals surface area contributed by atoms with Crippen LogP contribution in [0.2, 0.25) is 0 Å². The van der Waals surface area contributed by atoms with E-state index in [0.29, 0.717) is 0 Å². The molecule has 0 radical (unpaired) electrons. The average Bonchev–Trinajstić information content (AvgIpc) is 1.64. The van der Waals surface area contributed by atoms with Gasteiger partial charge >= 0.3 is 6.16 Å². The highest BCUT2D eigenvalue weighted by atomic mass is 19.1. The molecule has 4 heteroatoms. The van der Waals surface area contributed by atoms with Crippen molar-refractivity contribution < 1.29 is 18.7 Å². The highest BCUT2D eigenvalue weighted by Gasteiger charge is 2.29. The number of ether oxygens (including phenoxy) is 2.